The quantitative estimate of drug-likeness (QED) is 0.869. The van der Waals surface area contributed by atoms with Crippen molar-refractivity contribution in [3.05, 3.63) is 28.8 Å². The van der Waals surface area contributed by atoms with Crippen LogP contribution >= 0.6 is 11.6 Å². The zero-order valence-electron chi connectivity index (χ0n) is 9.62. The SMILES string of the molecule is COC(=O)c1c(Cl)cccc1NC(=O)C(F)C(F)F. The number of anilines is 1. The molecule has 1 amide bonds. The molecule has 0 aliphatic rings. The number of hydrogen-bond acceptors (Lipinski definition) is 3. The highest BCUT2D eigenvalue weighted by atomic mass is 35.5. The van der Waals surface area contributed by atoms with Crippen molar-refractivity contribution in [2.75, 3.05) is 12.4 Å². The summed E-state index contributed by atoms with van der Waals surface area (Å²) in [4.78, 5) is 22.6. The van der Waals surface area contributed by atoms with E-state index in [1.54, 1.807) is 0 Å². The molecule has 1 unspecified atom stereocenters. The van der Waals surface area contributed by atoms with Gasteiger partial charge in [-0.25, -0.2) is 18.0 Å². The van der Waals surface area contributed by atoms with Crippen molar-refractivity contribution in [2.45, 2.75) is 12.6 Å². The maximum atomic E-state index is 12.8. The first kappa shape index (κ1) is 15.3. The molecule has 1 atom stereocenters. The van der Waals surface area contributed by atoms with Crippen molar-refractivity contribution in [1.82, 2.24) is 0 Å². The summed E-state index contributed by atoms with van der Waals surface area (Å²) in [5, 5.41) is 1.81. The largest absolute Gasteiger partial charge is 0.465 e. The molecule has 0 spiro atoms. The number of alkyl halides is 3. The van der Waals surface area contributed by atoms with Crippen molar-refractivity contribution in [2.24, 2.45) is 0 Å². The maximum absolute atomic E-state index is 12.8. The second-order valence-electron chi connectivity index (χ2n) is 3.38. The highest BCUT2D eigenvalue weighted by Crippen LogP contribution is 2.25. The third-order valence-corrected chi connectivity index (χ3v) is 2.45. The summed E-state index contributed by atoms with van der Waals surface area (Å²) < 4.78 is 41.3. The van der Waals surface area contributed by atoms with Crippen molar-refractivity contribution < 1.29 is 27.5 Å². The lowest BCUT2D eigenvalue weighted by atomic mass is 10.1. The second-order valence-corrected chi connectivity index (χ2v) is 3.79. The third-order valence-electron chi connectivity index (χ3n) is 2.13. The third kappa shape index (κ3) is 3.60. The standard InChI is InChI=1S/C11H9ClF3NO3/c1-19-11(18)7-5(12)3-2-4-6(7)16-10(17)8(13)9(14)15/h2-4,8-9H,1H3,(H,16,17). The molecule has 8 heteroatoms. The van der Waals surface area contributed by atoms with Crippen LogP contribution in [0.15, 0.2) is 18.2 Å². The molecule has 19 heavy (non-hydrogen) atoms. The summed E-state index contributed by atoms with van der Waals surface area (Å²) in [6.45, 7) is 0. The molecule has 1 rings (SSSR count). The van der Waals surface area contributed by atoms with Crippen LogP contribution in [0.3, 0.4) is 0 Å². The molecular weight excluding hydrogens is 287 g/mol. The van der Waals surface area contributed by atoms with Gasteiger partial charge in [0.15, 0.2) is 0 Å². The van der Waals surface area contributed by atoms with Crippen molar-refractivity contribution in [3.8, 4) is 0 Å². The molecule has 1 aromatic rings. The number of carbonyl (C=O) groups is 2. The number of halogens is 4. The Bertz CT molecular complexity index is 496. The Morgan fingerprint density at radius 1 is 1.32 bits per heavy atom. The summed E-state index contributed by atoms with van der Waals surface area (Å²) in [7, 11) is 1.08. The normalized spacial score (nSPS) is 12.1. The highest BCUT2D eigenvalue weighted by molar-refractivity contribution is 6.34. The van der Waals surface area contributed by atoms with Crippen LogP contribution < -0.4 is 5.32 Å². The van der Waals surface area contributed by atoms with E-state index in [0.29, 0.717) is 0 Å². The highest BCUT2D eigenvalue weighted by Gasteiger charge is 2.29. The molecule has 0 saturated heterocycles. The first-order valence-corrected chi connectivity index (χ1v) is 5.36. The maximum Gasteiger partial charge on any atom is 0.341 e. The van der Waals surface area contributed by atoms with Gasteiger partial charge >= 0.3 is 5.97 Å². The lowest BCUT2D eigenvalue weighted by molar-refractivity contribution is -0.125. The van der Waals surface area contributed by atoms with E-state index in [1.807, 2.05) is 5.32 Å². The van der Waals surface area contributed by atoms with E-state index in [9.17, 15) is 22.8 Å². The van der Waals surface area contributed by atoms with Crippen LogP contribution in [0.1, 0.15) is 10.4 Å². The predicted octanol–water partition coefficient (Wildman–Crippen LogP) is 2.67. The lowest BCUT2D eigenvalue weighted by Crippen LogP contribution is -2.30. The Balaban J connectivity index is 3.05. The van der Waals surface area contributed by atoms with Crippen molar-refractivity contribution in [1.29, 1.82) is 0 Å². The number of amides is 1. The number of esters is 1. The van der Waals surface area contributed by atoms with Gasteiger partial charge in [-0.1, -0.05) is 17.7 Å². The average Bonchev–Trinajstić information content (AvgIpc) is 2.37. The Morgan fingerprint density at radius 2 is 1.95 bits per heavy atom. The first-order chi connectivity index (χ1) is 8.88. The van der Waals surface area contributed by atoms with Crippen LogP contribution in [0.5, 0.6) is 0 Å². The van der Waals surface area contributed by atoms with E-state index < -0.39 is 24.5 Å². The minimum absolute atomic E-state index is 0.0582. The van der Waals surface area contributed by atoms with Crippen LogP contribution in [0.2, 0.25) is 5.02 Å². The minimum Gasteiger partial charge on any atom is -0.465 e. The van der Waals surface area contributed by atoms with Crippen LogP contribution in [0.4, 0.5) is 18.9 Å². The van der Waals surface area contributed by atoms with Gasteiger partial charge in [0.05, 0.1) is 17.8 Å². The van der Waals surface area contributed by atoms with E-state index in [1.165, 1.54) is 18.2 Å². The van der Waals surface area contributed by atoms with Gasteiger partial charge < -0.3 is 10.1 Å². The fourth-order valence-electron chi connectivity index (χ4n) is 1.25. The molecule has 0 saturated carbocycles. The molecule has 1 aromatic carbocycles. The Labute approximate surface area is 111 Å². The van der Waals surface area contributed by atoms with E-state index >= 15 is 0 Å². The van der Waals surface area contributed by atoms with E-state index in [0.717, 1.165) is 7.11 Å². The molecule has 0 aliphatic carbocycles. The van der Waals surface area contributed by atoms with E-state index in [-0.39, 0.29) is 16.3 Å². The fraction of sp³-hybridized carbons (Fsp3) is 0.273. The molecule has 0 radical (unpaired) electrons. The fourth-order valence-corrected chi connectivity index (χ4v) is 1.51. The summed E-state index contributed by atoms with van der Waals surface area (Å²) in [5.74, 6) is -2.45. The lowest BCUT2D eigenvalue weighted by Gasteiger charge is -2.12. The number of benzene rings is 1. The minimum atomic E-state index is -3.46. The Kier molecular flexibility index (Phi) is 5.17. The van der Waals surface area contributed by atoms with Gasteiger partial charge in [-0.3, -0.25) is 4.79 Å². The molecule has 1 N–H and O–H groups in total. The van der Waals surface area contributed by atoms with Gasteiger partial charge in [-0.2, -0.15) is 0 Å². The van der Waals surface area contributed by atoms with Crippen molar-refractivity contribution in [3.63, 3.8) is 0 Å². The average molecular weight is 296 g/mol. The van der Waals surface area contributed by atoms with Gasteiger partial charge in [0.2, 0.25) is 6.17 Å². The second kappa shape index (κ2) is 6.42. The van der Waals surface area contributed by atoms with Crippen molar-refractivity contribution >= 4 is 29.2 Å². The molecule has 0 aliphatic heterocycles. The summed E-state index contributed by atoms with van der Waals surface area (Å²) in [5.41, 5.74) is -0.436. The van der Waals surface area contributed by atoms with E-state index in [4.69, 9.17) is 11.6 Å². The molecule has 0 bridgehead atoms. The summed E-state index contributed by atoms with van der Waals surface area (Å²) >= 11 is 5.73. The molecule has 0 fully saturated rings. The predicted molar refractivity (Wildman–Crippen MR) is 62.3 cm³/mol. The number of hydrogen-bond donors (Lipinski definition) is 1. The monoisotopic (exact) mass is 295 g/mol. The van der Waals surface area contributed by atoms with E-state index in [2.05, 4.69) is 4.74 Å². The molecule has 4 nitrogen and oxygen atoms in total. The molecular formula is C11H9ClF3NO3. The Hall–Kier alpha value is -1.76. The topological polar surface area (TPSA) is 55.4 Å². The summed E-state index contributed by atoms with van der Waals surface area (Å²) in [6, 6.07) is 3.91. The molecule has 0 aromatic heterocycles. The Morgan fingerprint density at radius 3 is 2.47 bits per heavy atom. The summed E-state index contributed by atoms with van der Waals surface area (Å²) in [6.07, 6.45) is -6.45. The first-order valence-electron chi connectivity index (χ1n) is 4.98. The van der Waals surface area contributed by atoms with Crippen LogP contribution in [-0.2, 0) is 9.53 Å². The molecule has 104 valence electrons. The number of rotatable bonds is 4. The molecule has 0 heterocycles. The smallest absolute Gasteiger partial charge is 0.341 e. The number of nitrogens with one attached hydrogen (secondary N) is 1. The number of carbonyl (C=O) groups excluding carboxylic acids is 2. The number of ether oxygens (including phenoxy) is 1. The van der Waals surface area contributed by atoms with Crippen LogP contribution in [0, 0.1) is 0 Å². The zero-order valence-corrected chi connectivity index (χ0v) is 10.4. The van der Waals surface area contributed by atoms with Gasteiger partial charge in [-0.15, -0.1) is 0 Å². The van der Waals surface area contributed by atoms with Gasteiger partial charge in [0.25, 0.3) is 12.3 Å². The van der Waals surface area contributed by atoms with Gasteiger partial charge in [-0.05, 0) is 12.1 Å². The zero-order chi connectivity index (χ0) is 14.6. The van der Waals surface area contributed by atoms with Crippen LogP contribution in [0.25, 0.3) is 0 Å². The van der Waals surface area contributed by atoms with Gasteiger partial charge in [0.1, 0.15) is 5.56 Å². The van der Waals surface area contributed by atoms with Gasteiger partial charge in [0, 0.05) is 0 Å². The van der Waals surface area contributed by atoms with Crippen LogP contribution in [-0.4, -0.2) is 31.6 Å². The number of methoxy groups -OCH3 is 1.